The zero-order valence-electron chi connectivity index (χ0n) is 5.36. The first-order valence-corrected chi connectivity index (χ1v) is 2.53. The second-order valence-electron chi connectivity index (χ2n) is 1.14. The van der Waals surface area contributed by atoms with Gasteiger partial charge in [-0.3, -0.25) is 0 Å². The summed E-state index contributed by atoms with van der Waals surface area (Å²) in [5.74, 6) is 0. The van der Waals surface area contributed by atoms with Crippen LogP contribution in [0.2, 0.25) is 0 Å². The van der Waals surface area contributed by atoms with E-state index in [9.17, 15) is 0 Å². The van der Waals surface area contributed by atoms with Crippen molar-refractivity contribution in [1.29, 1.82) is 0 Å². The Kier molecular flexibility index (Phi) is 8.55. The highest BCUT2D eigenvalue weighted by Gasteiger charge is 1.86. The van der Waals surface area contributed by atoms with Gasteiger partial charge >= 0.3 is 0 Å². The summed E-state index contributed by atoms with van der Waals surface area (Å²) in [7, 11) is 0. The van der Waals surface area contributed by atoms with Crippen molar-refractivity contribution in [3.63, 3.8) is 0 Å². The Morgan fingerprint density at radius 1 is 0.800 bits per heavy atom. The summed E-state index contributed by atoms with van der Waals surface area (Å²) < 4.78 is 8.61. The number of aliphatic hydroxyl groups is 2. The number of rotatable bonds is 7. The quantitative estimate of drug-likeness (QED) is 0.207. The predicted octanol–water partition coefficient (Wildman–Crippen LogP) is -1.22. The van der Waals surface area contributed by atoms with E-state index >= 15 is 0 Å². The lowest BCUT2D eigenvalue weighted by Crippen LogP contribution is -2.05. The summed E-state index contributed by atoms with van der Waals surface area (Å²) in [6.45, 7) is -1.20. The zero-order chi connectivity index (χ0) is 7.66. The number of ether oxygens (including phenoxy) is 2. The molecule has 0 rings (SSSR count). The largest absolute Gasteiger partial charge is 0.371 e. The molecule has 0 aromatic rings. The Hall–Kier alpha value is -0.240. The van der Waals surface area contributed by atoms with Crippen LogP contribution in [0.3, 0.4) is 0 Å². The minimum Gasteiger partial charge on any atom is -0.371 e. The second kappa shape index (κ2) is 8.76. The molecule has 0 bridgehead atoms. The van der Waals surface area contributed by atoms with Crippen LogP contribution in [-0.4, -0.2) is 37.4 Å². The summed E-state index contributed by atoms with van der Waals surface area (Å²) in [6.07, 6.45) is 0. The molecule has 0 saturated heterocycles. The molecule has 0 aliphatic rings. The molecule has 0 fully saturated rings. The lowest BCUT2D eigenvalue weighted by atomic mass is 11.3. The molecule has 6 nitrogen and oxygen atoms in total. The van der Waals surface area contributed by atoms with Crippen LogP contribution >= 0.6 is 0 Å². The van der Waals surface area contributed by atoms with E-state index in [0.717, 1.165) is 0 Å². The molecule has 0 atom stereocenters. The van der Waals surface area contributed by atoms with Crippen LogP contribution < -0.4 is 0 Å². The normalized spacial score (nSPS) is 10.2. The van der Waals surface area contributed by atoms with Crippen molar-refractivity contribution in [3.05, 3.63) is 0 Å². The lowest BCUT2D eigenvalue weighted by molar-refractivity contribution is -0.377. The van der Waals surface area contributed by atoms with Crippen LogP contribution in [0.4, 0.5) is 0 Å². The highest BCUT2D eigenvalue weighted by atomic mass is 17.2. The molecule has 0 saturated carbocycles. The Morgan fingerprint density at radius 3 is 1.50 bits per heavy atom. The number of aliphatic hydroxyl groups excluding tert-OH is 2. The summed E-state index contributed by atoms with van der Waals surface area (Å²) in [5.41, 5.74) is 0. The predicted molar refractivity (Wildman–Crippen MR) is 28.2 cm³/mol. The van der Waals surface area contributed by atoms with Crippen LogP contribution in [0.25, 0.3) is 0 Å². The minimum atomic E-state index is -0.426. The van der Waals surface area contributed by atoms with Gasteiger partial charge in [0.25, 0.3) is 0 Å². The van der Waals surface area contributed by atoms with Gasteiger partial charge in [0.15, 0.2) is 13.6 Å². The Bertz CT molecular complexity index is 49.7. The van der Waals surface area contributed by atoms with E-state index in [0.29, 0.717) is 0 Å². The molecule has 0 aromatic heterocycles. The van der Waals surface area contributed by atoms with Crippen LogP contribution in [-0.2, 0) is 19.2 Å². The number of hydrogen-bond donors (Lipinski definition) is 2. The average molecular weight is 154 g/mol. The Morgan fingerprint density at radius 2 is 1.20 bits per heavy atom. The fourth-order valence-electron chi connectivity index (χ4n) is 0.211. The first kappa shape index (κ1) is 9.76. The molecule has 0 unspecified atom stereocenters. The fraction of sp³-hybridized carbons (Fsp3) is 1.00. The molecular formula is C4H10O6. The minimum absolute atomic E-state index is 0.175. The molecule has 0 aromatic carbocycles. The molecule has 0 aliphatic carbocycles. The van der Waals surface area contributed by atoms with Gasteiger partial charge in [0, 0.05) is 0 Å². The maximum atomic E-state index is 8.04. The lowest BCUT2D eigenvalue weighted by Gasteiger charge is -2.01. The van der Waals surface area contributed by atoms with Crippen molar-refractivity contribution >= 4 is 0 Å². The van der Waals surface area contributed by atoms with E-state index in [1.165, 1.54) is 0 Å². The van der Waals surface area contributed by atoms with E-state index in [1.54, 1.807) is 0 Å². The fourth-order valence-corrected chi connectivity index (χ4v) is 0.211. The molecule has 6 heteroatoms. The third-order valence-electron chi connectivity index (χ3n) is 0.529. The maximum absolute atomic E-state index is 8.04. The highest BCUT2D eigenvalue weighted by Crippen LogP contribution is 1.80. The van der Waals surface area contributed by atoms with Crippen LogP contribution in [0, 0.1) is 0 Å². The molecule has 0 heterocycles. The van der Waals surface area contributed by atoms with Crippen LogP contribution in [0.15, 0.2) is 0 Å². The zero-order valence-corrected chi connectivity index (χ0v) is 5.36. The van der Waals surface area contributed by atoms with Gasteiger partial charge in [0.2, 0.25) is 0 Å². The van der Waals surface area contributed by atoms with Crippen molar-refractivity contribution < 1.29 is 29.5 Å². The van der Waals surface area contributed by atoms with Crippen molar-refractivity contribution in [2.24, 2.45) is 0 Å². The summed E-state index contributed by atoms with van der Waals surface area (Å²) in [5, 5.41) is 16.1. The number of hydrogen-bond acceptors (Lipinski definition) is 6. The molecule has 0 spiro atoms. The van der Waals surface area contributed by atoms with E-state index in [4.69, 9.17) is 10.2 Å². The maximum Gasteiger partial charge on any atom is 0.183 e. The highest BCUT2D eigenvalue weighted by molar-refractivity contribution is 3.92. The summed E-state index contributed by atoms with van der Waals surface area (Å²) >= 11 is 0. The van der Waals surface area contributed by atoms with Crippen LogP contribution in [0.1, 0.15) is 0 Å². The molecule has 0 aliphatic heterocycles. The molecule has 0 amide bonds. The van der Waals surface area contributed by atoms with Crippen LogP contribution in [0.5, 0.6) is 0 Å². The van der Waals surface area contributed by atoms with Gasteiger partial charge in [-0.15, -0.1) is 0 Å². The van der Waals surface area contributed by atoms with Crippen molar-refractivity contribution in [2.45, 2.75) is 0 Å². The van der Waals surface area contributed by atoms with Gasteiger partial charge in [-0.25, -0.2) is 9.78 Å². The van der Waals surface area contributed by atoms with Crippen molar-refractivity contribution in [3.8, 4) is 0 Å². The Balaban J connectivity index is 2.65. The third-order valence-corrected chi connectivity index (χ3v) is 0.529. The van der Waals surface area contributed by atoms with Gasteiger partial charge in [-0.2, -0.15) is 0 Å². The van der Waals surface area contributed by atoms with E-state index in [2.05, 4.69) is 19.2 Å². The van der Waals surface area contributed by atoms with E-state index in [-0.39, 0.29) is 13.6 Å². The molecular weight excluding hydrogens is 144 g/mol. The van der Waals surface area contributed by atoms with Crippen molar-refractivity contribution in [2.75, 3.05) is 27.2 Å². The monoisotopic (exact) mass is 154 g/mol. The standard InChI is InChI=1S/C4H10O6/c5-1-7-3-9-10-4-8-2-6/h5-6H,1-4H2. The average Bonchev–Trinajstić information content (AvgIpc) is 1.97. The summed E-state index contributed by atoms with van der Waals surface area (Å²) in [4.78, 5) is 8.52. The van der Waals surface area contributed by atoms with Gasteiger partial charge in [-0.1, -0.05) is 0 Å². The topological polar surface area (TPSA) is 77.4 Å². The van der Waals surface area contributed by atoms with E-state index < -0.39 is 13.6 Å². The molecule has 10 heavy (non-hydrogen) atoms. The van der Waals surface area contributed by atoms with Gasteiger partial charge < -0.3 is 19.7 Å². The first-order chi connectivity index (χ1) is 4.91. The molecule has 2 N–H and O–H groups in total. The van der Waals surface area contributed by atoms with E-state index in [1.807, 2.05) is 0 Å². The molecule has 0 radical (unpaired) electrons. The van der Waals surface area contributed by atoms with Gasteiger partial charge in [0.1, 0.15) is 13.6 Å². The molecule has 62 valence electrons. The SMILES string of the molecule is OCOCOOCOCO. The van der Waals surface area contributed by atoms with Crippen molar-refractivity contribution in [1.82, 2.24) is 0 Å². The van der Waals surface area contributed by atoms with Gasteiger partial charge in [0.05, 0.1) is 0 Å². The first-order valence-electron chi connectivity index (χ1n) is 2.53. The van der Waals surface area contributed by atoms with Gasteiger partial charge in [-0.05, 0) is 0 Å². The summed E-state index contributed by atoms with van der Waals surface area (Å²) in [6, 6.07) is 0. The Labute approximate surface area is 57.8 Å². The third kappa shape index (κ3) is 7.76. The second-order valence-corrected chi connectivity index (χ2v) is 1.14. The smallest absolute Gasteiger partial charge is 0.183 e.